The van der Waals surface area contributed by atoms with E-state index in [0.717, 1.165) is 0 Å². The molecule has 0 radical (unpaired) electrons. The van der Waals surface area contributed by atoms with Crippen LogP contribution in [0, 0.1) is 6.92 Å². The zero-order valence-electron chi connectivity index (χ0n) is 13.4. The zero-order valence-corrected chi connectivity index (χ0v) is 14.2. The number of nitrogens with one attached hydrogen (secondary N) is 2. The first-order valence-corrected chi connectivity index (χ1v) is 7.68. The Labute approximate surface area is 129 Å². The lowest BCUT2D eigenvalue weighted by atomic mass is 10.1. The highest BCUT2D eigenvalue weighted by Gasteiger charge is 2.22. The Morgan fingerprint density at radius 3 is 2.52 bits per heavy atom. The van der Waals surface area contributed by atoms with E-state index in [1.807, 2.05) is 20.8 Å². The van der Waals surface area contributed by atoms with Crippen molar-refractivity contribution < 1.29 is 14.3 Å². The Morgan fingerprint density at radius 1 is 1.38 bits per heavy atom. The van der Waals surface area contributed by atoms with Crippen molar-refractivity contribution in [1.82, 2.24) is 10.3 Å². The molecule has 0 aromatic carbocycles. The fraction of sp³-hybridized carbons (Fsp3) is 0.643. The predicted octanol–water partition coefficient (Wildman–Crippen LogP) is 2.34. The first kappa shape index (κ1) is 17.4. The van der Waals surface area contributed by atoms with Crippen LogP contribution in [0.25, 0.3) is 0 Å². The molecule has 0 spiro atoms. The monoisotopic (exact) mass is 313 g/mol. The molecule has 1 aromatic heterocycles. The van der Waals surface area contributed by atoms with Crippen molar-refractivity contribution in [2.75, 3.05) is 11.9 Å². The van der Waals surface area contributed by atoms with Gasteiger partial charge in [0.15, 0.2) is 5.13 Å². The van der Waals surface area contributed by atoms with Crippen molar-refractivity contribution in [3.63, 3.8) is 0 Å². The number of hydrogen-bond donors (Lipinski definition) is 2. The van der Waals surface area contributed by atoms with E-state index in [2.05, 4.69) is 15.6 Å². The van der Waals surface area contributed by atoms with Gasteiger partial charge in [0.1, 0.15) is 10.9 Å². The lowest BCUT2D eigenvalue weighted by molar-refractivity contribution is -0.122. The van der Waals surface area contributed by atoms with Gasteiger partial charge in [-0.1, -0.05) is 11.3 Å². The van der Waals surface area contributed by atoms with Crippen LogP contribution in [-0.2, 0) is 9.53 Å². The maximum atomic E-state index is 12.0. The van der Waals surface area contributed by atoms with Crippen LogP contribution in [0.1, 0.15) is 50.0 Å². The van der Waals surface area contributed by atoms with E-state index in [1.54, 1.807) is 20.8 Å². The van der Waals surface area contributed by atoms with E-state index in [0.29, 0.717) is 22.3 Å². The largest absolute Gasteiger partial charge is 0.462 e. The Bertz CT molecular complexity index is 520. The molecule has 0 aliphatic rings. The molecule has 1 amide bonds. The first-order valence-electron chi connectivity index (χ1n) is 6.87. The van der Waals surface area contributed by atoms with Crippen molar-refractivity contribution in [3.05, 3.63) is 10.6 Å². The summed E-state index contributed by atoms with van der Waals surface area (Å²) >= 11 is 1.19. The summed E-state index contributed by atoms with van der Waals surface area (Å²) in [5, 5.41) is 6.43. The smallest absolute Gasteiger partial charge is 0.350 e. The lowest BCUT2D eigenvalue weighted by Gasteiger charge is -2.23. The number of amides is 1. The summed E-state index contributed by atoms with van der Waals surface area (Å²) in [6.45, 7) is 11.3. The fourth-order valence-electron chi connectivity index (χ4n) is 1.57. The van der Waals surface area contributed by atoms with Crippen molar-refractivity contribution in [2.24, 2.45) is 0 Å². The third kappa shape index (κ3) is 5.34. The van der Waals surface area contributed by atoms with E-state index < -0.39 is 6.04 Å². The second-order valence-electron chi connectivity index (χ2n) is 5.76. The van der Waals surface area contributed by atoms with Gasteiger partial charge in [-0.05, 0) is 41.5 Å². The van der Waals surface area contributed by atoms with Gasteiger partial charge in [0.25, 0.3) is 0 Å². The number of carbonyl (C=O) groups is 2. The Morgan fingerprint density at radius 2 is 2.00 bits per heavy atom. The highest BCUT2D eigenvalue weighted by atomic mass is 32.1. The molecule has 0 aliphatic carbocycles. The minimum absolute atomic E-state index is 0.118. The molecule has 0 fully saturated rings. The summed E-state index contributed by atoms with van der Waals surface area (Å²) in [4.78, 5) is 28.5. The van der Waals surface area contributed by atoms with E-state index in [-0.39, 0.29) is 17.4 Å². The van der Waals surface area contributed by atoms with E-state index in [1.165, 1.54) is 11.3 Å². The van der Waals surface area contributed by atoms with Gasteiger partial charge in [-0.2, -0.15) is 0 Å². The number of hydrogen-bond acceptors (Lipinski definition) is 6. The van der Waals surface area contributed by atoms with Gasteiger partial charge in [-0.3, -0.25) is 4.79 Å². The van der Waals surface area contributed by atoms with Crippen LogP contribution in [-0.4, -0.2) is 35.0 Å². The number of thiazole rings is 1. The van der Waals surface area contributed by atoms with E-state index >= 15 is 0 Å². The molecule has 1 heterocycles. The maximum Gasteiger partial charge on any atom is 0.350 e. The average Bonchev–Trinajstić information content (AvgIpc) is 2.68. The van der Waals surface area contributed by atoms with Crippen LogP contribution < -0.4 is 10.6 Å². The van der Waals surface area contributed by atoms with Gasteiger partial charge in [-0.15, -0.1) is 0 Å². The van der Waals surface area contributed by atoms with Crippen molar-refractivity contribution in [1.29, 1.82) is 0 Å². The molecule has 0 aliphatic heterocycles. The lowest BCUT2D eigenvalue weighted by Crippen LogP contribution is -2.47. The van der Waals surface area contributed by atoms with Crippen LogP contribution in [0.15, 0.2) is 0 Å². The summed E-state index contributed by atoms with van der Waals surface area (Å²) < 4.78 is 4.96. The molecular formula is C14H23N3O3S. The Hall–Kier alpha value is -1.63. The SMILES string of the molecule is CCOC(=O)c1sc(NC(C)C(=O)NC(C)(C)C)nc1C. The number of ether oxygens (including phenoxy) is 1. The summed E-state index contributed by atoms with van der Waals surface area (Å²) in [7, 11) is 0. The van der Waals surface area contributed by atoms with Crippen molar-refractivity contribution >= 4 is 28.3 Å². The standard InChI is InChI=1S/C14H23N3O3S/c1-7-20-12(19)10-8(2)15-13(21-10)16-9(3)11(18)17-14(4,5)6/h9H,7H2,1-6H3,(H,15,16)(H,17,18). The molecule has 1 unspecified atom stereocenters. The minimum Gasteiger partial charge on any atom is -0.462 e. The number of rotatable bonds is 5. The highest BCUT2D eigenvalue weighted by molar-refractivity contribution is 7.17. The second-order valence-corrected chi connectivity index (χ2v) is 6.76. The van der Waals surface area contributed by atoms with Gasteiger partial charge in [-0.25, -0.2) is 9.78 Å². The van der Waals surface area contributed by atoms with Crippen LogP contribution in [0.5, 0.6) is 0 Å². The second kappa shape index (κ2) is 6.89. The van der Waals surface area contributed by atoms with Gasteiger partial charge in [0, 0.05) is 5.54 Å². The van der Waals surface area contributed by atoms with Gasteiger partial charge in [0.2, 0.25) is 5.91 Å². The number of aromatic nitrogens is 1. The maximum absolute atomic E-state index is 12.0. The predicted molar refractivity (Wildman–Crippen MR) is 83.8 cm³/mol. The molecular weight excluding hydrogens is 290 g/mol. The number of esters is 1. The topological polar surface area (TPSA) is 80.3 Å². The number of carbonyl (C=O) groups excluding carboxylic acids is 2. The van der Waals surface area contributed by atoms with E-state index in [9.17, 15) is 9.59 Å². The molecule has 0 bridgehead atoms. The average molecular weight is 313 g/mol. The van der Waals surface area contributed by atoms with Crippen LogP contribution in [0.2, 0.25) is 0 Å². The Kier molecular flexibility index (Phi) is 5.71. The Balaban J connectivity index is 2.73. The number of nitrogens with zero attached hydrogens (tertiary/aromatic N) is 1. The van der Waals surface area contributed by atoms with Crippen LogP contribution in [0.3, 0.4) is 0 Å². The third-order valence-electron chi connectivity index (χ3n) is 2.49. The number of aryl methyl sites for hydroxylation is 1. The molecule has 7 heteroatoms. The number of anilines is 1. The molecule has 2 N–H and O–H groups in total. The van der Waals surface area contributed by atoms with Crippen molar-refractivity contribution in [2.45, 2.75) is 53.1 Å². The van der Waals surface area contributed by atoms with E-state index in [4.69, 9.17) is 4.74 Å². The molecule has 1 atom stereocenters. The third-order valence-corrected chi connectivity index (χ3v) is 3.56. The van der Waals surface area contributed by atoms with Gasteiger partial charge < -0.3 is 15.4 Å². The zero-order chi connectivity index (χ0) is 16.2. The fourth-order valence-corrected chi connectivity index (χ4v) is 2.52. The van der Waals surface area contributed by atoms with Gasteiger partial charge in [0.05, 0.1) is 12.3 Å². The molecule has 0 saturated carbocycles. The molecule has 1 aromatic rings. The highest BCUT2D eigenvalue weighted by Crippen LogP contribution is 2.24. The molecule has 0 saturated heterocycles. The van der Waals surface area contributed by atoms with Crippen molar-refractivity contribution in [3.8, 4) is 0 Å². The minimum atomic E-state index is -0.440. The molecule has 1 rings (SSSR count). The molecule has 118 valence electrons. The normalized spacial score (nSPS) is 12.7. The molecule has 21 heavy (non-hydrogen) atoms. The molecule has 6 nitrogen and oxygen atoms in total. The first-order chi connectivity index (χ1) is 9.64. The van der Waals surface area contributed by atoms with Gasteiger partial charge >= 0.3 is 5.97 Å². The summed E-state index contributed by atoms with van der Waals surface area (Å²) in [6, 6.07) is -0.440. The van der Waals surface area contributed by atoms with Crippen LogP contribution >= 0.6 is 11.3 Å². The summed E-state index contributed by atoms with van der Waals surface area (Å²) in [5.41, 5.74) is 0.312. The summed E-state index contributed by atoms with van der Waals surface area (Å²) in [5.74, 6) is -0.500. The summed E-state index contributed by atoms with van der Waals surface area (Å²) in [6.07, 6.45) is 0. The quantitative estimate of drug-likeness (QED) is 0.816. The van der Waals surface area contributed by atoms with Crippen LogP contribution in [0.4, 0.5) is 5.13 Å².